The Labute approximate surface area is 190 Å². The maximum Gasteiger partial charge on any atom is 0.247 e. The summed E-state index contributed by atoms with van der Waals surface area (Å²) in [6.07, 6.45) is 0.919. The van der Waals surface area contributed by atoms with Gasteiger partial charge in [0, 0.05) is 24.3 Å². The van der Waals surface area contributed by atoms with Crippen LogP contribution in [-0.4, -0.2) is 41.1 Å². The quantitative estimate of drug-likeness (QED) is 0.406. The maximum absolute atomic E-state index is 12.9. The van der Waals surface area contributed by atoms with Crippen LogP contribution in [-0.2, 0) is 4.79 Å². The van der Waals surface area contributed by atoms with Gasteiger partial charge in [0.1, 0.15) is 11.5 Å². The molecule has 0 saturated carbocycles. The summed E-state index contributed by atoms with van der Waals surface area (Å²) < 4.78 is 17.3. The normalized spacial score (nSPS) is 14.5. The van der Waals surface area contributed by atoms with Gasteiger partial charge in [-0.1, -0.05) is 36.0 Å². The van der Waals surface area contributed by atoms with E-state index in [9.17, 15) is 4.79 Å². The minimum atomic E-state index is -0.843. The summed E-state index contributed by atoms with van der Waals surface area (Å²) in [6, 6.07) is 12.8. The minimum Gasteiger partial charge on any atom is -0.497 e. The Morgan fingerprint density at radius 3 is 2.75 bits per heavy atom. The number of carbonyl (C=O) groups is 1. The number of aromatic nitrogens is 3. The molecule has 1 aliphatic rings. The second-order valence-electron chi connectivity index (χ2n) is 6.83. The number of benzene rings is 2. The highest BCUT2D eigenvalue weighted by molar-refractivity contribution is 7.99. The predicted molar refractivity (Wildman–Crippen MR) is 122 cm³/mol. The van der Waals surface area contributed by atoms with Gasteiger partial charge in [-0.25, -0.2) is 0 Å². The van der Waals surface area contributed by atoms with Crippen LogP contribution < -0.4 is 19.1 Å². The molecular formula is C23H22N4O4S. The molecule has 1 aromatic heterocycles. The molecule has 9 heteroatoms. The average molecular weight is 451 g/mol. The first-order chi connectivity index (χ1) is 15.6. The van der Waals surface area contributed by atoms with Gasteiger partial charge in [0.2, 0.25) is 23.2 Å². The number of hydrogen-bond donors (Lipinski definition) is 0. The Bertz CT molecular complexity index is 1170. The van der Waals surface area contributed by atoms with Crippen molar-refractivity contribution in [2.24, 2.45) is 0 Å². The minimum absolute atomic E-state index is 0.206. The molecular weight excluding hydrogens is 428 g/mol. The van der Waals surface area contributed by atoms with Crippen molar-refractivity contribution in [2.75, 3.05) is 24.9 Å². The molecule has 164 valence electrons. The van der Waals surface area contributed by atoms with Gasteiger partial charge in [-0.2, -0.15) is 4.98 Å². The van der Waals surface area contributed by atoms with E-state index >= 15 is 0 Å². The molecule has 1 atom stereocenters. The molecule has 0 radical (unpaired) electrons. The number of fused-ring (bicyclic) bond motifs is 3. The van der Waals surface area contributed by atoms with Crippen molar-refractivity contribution in [3.05, 3.63) is 60.7 Å². The summed E-state index contributed by atoms with van der Waals surface area (Å²) in [7, 11) is 3.14. The Morgan fingerprint density at radius 2 is 2.03 bits per heavy atom. The summed E-state index contributed by atoms with van der Waals surface area (Å²) in [5, 5.41) is 9.06. The van der Waals surface area contributed by atoms with Crippen LogP contribution in [0.2, 0.25) is 0 Å². The largest absolute Gasteiger partial charge is 0.497 e. The highest BCUT2D eigenvalue weighted by Gasteiger charge is 2.36. The molecule has 1 unspecified atom stereocenters. The summed E-state index contributed by atoms with van der Waals surface area (Å²) >= 11 is 1.39. The van der Waals surface area contributed by atoms with E-state index in [-0.39, 0.29) is 11.8 Å². The molecule has 32 heavy (non-hydrogen) atoms. The number of rotatable bonds is 6. The number of carbonyl (C=O) groups excluding carboxylic acids is 1. The third-order valence-electron chi connectivity index (χ3n) is 4.89. The molecule has 1 amide bonds. The van der Waals surface area contributed by atoms with Gasteiger partial charge in [-0.05, 0) is 18.2 Å². The molecule has 0 aliphatic carbocycles. The maximum atomic E-state index is 12.9. The molecule has 0 spiro atoms. The molecule has 0 saturated heterocycles. The number of methoxy groups -OCH3 is 2. The fourth-order valence-corrected chi connectivity index (χ4v) is 3.99. The lowest BCUT2D eigenvalue weighted by Gasteiger charge is -2.30. The number of ether oxygens (including phenoxy) is 3. The SMILES string of the molecule is C=CCSc1nnc2c(n1)OC(c1ccc(OC)cc1OC)N(C(C)=O)c1ccccc1-2. The lowest BCUT2D eigenvalue weighted by molar-refractivity contribution is -0.118. The van der Waals surface area contributed by atoms with Gasteiger partial charge in [-0.15, -0.1) is 16.8 Å². The topological polar surface area (TPSA) is 86.7 Å². The average Bonchev–Trinajstić information content (AvgIpc) is 2.96. The fourth-order valence-electron chi connectivity index (χ4n) is 3.47. The third-order valence-corrected chi connectivity index (χ3v) is 5.72. The van der Waals surface area contributed by atoms with Crippen LogP contribution in [0, 0.1) is 0 Å². The molecule has 8 nitrogen and oxygen atoms in total. The van der Waals surface area contributed by atoms with E-state index in [2.05, 4.69) is 21.8 Å². The number of nitrogens with zero attached hydrogens (tertiary/aromatic N) is 4. The zero-order valence-electron chi connectivity index (χ0n) is 17.9. The lowest BCUT2D eigenvalue weighted by Crippen LogP contribution is -2.36. The Hall–Kier alpha value is -3.59. The van der Waals surface area contributed by atoms with Crippen LogP contribution in [0.3, 0.4) is 0 Å². The van der Waals surface area contributed by atoms with E-state index in [0.29, 0.717) is 44.9 Å². The van der Waals surface area contributed by atoms with Crippen LogP contribution in [0.15, 0.2) is 60.3 Å². The van der Waals surface area contributed by atoms with Gasteiger partial charge in [0.15, 0.2) is 5.69 Å². The van der Waals surface area contributed by atoms with Crippen LogP contribution in [0.25, 0.3) is 11.3 Å². The van der Waals surface area contributed by atoms with Crippen molar-refractivity contribution >= 4 is 23.4 Å². The fraction of sp³-hybridized carbons (Fsp3) is 0.217. The highest BCUT2D eigenvalue weighted by Crippen LogP contribution is 2.45. The van der Waals surface area contributed by atoms with E-state index in [1.165, 1.54) is 18.7 Å². The zero-order chi connectivity index (χ0) is 22.7. The molecule has 2 aromatic carbocycles. The van der Waals surface area contributed by atoms with Gasteiger partial charge in [0.25, 0.3) is 0 Å². The zero-order valence-corrected chi connectivity index (χ0v) is 18.8. The lowest BCUT2D eigenvalue weighted by atomic mass is 10.1. The summed E-state index contributed by atoms with van der Waals surface area (Å²) in [5.74, 6) is 1.85. The highest BCUT2D eigenvalue weighted by atomic mass is 32.2. The van der Waals surface area contributed by atoms with Gasteiger partial charge in [0.05, 0.1) is 25.5 Å². The monoisotopic (exact) mass is 450 g/mol. The second kappa shape index (κ2) is 9.27. The van der Waals surface area contributed by atoms with Crippen molar-refractivity contribution in [1.29, 1.82) is 0 Å². The standard InChI is InChI=1S/C23H22N4O4S/c1-5-12-32-23-24-21-20(25-26-23)16-8-6-7-9-18(16)27(14(2)28)22(31-21)17-11-10-15(29-3)13-19(17)30-4/h5-11,13,22H,1,12H2,2-4H3. The molecule has 0 N–H and O–H groups in total. The van der Waals surface area contributed by atoms with Crippen LogP contribution in [0.5, 0.6) is 17.4 Å². The number of anilines is 1. The molecule has 4 rings (SSSR count). The van der Waals surface area contributed by atoms with E-state index < -0.39 is 6.23 Å². The van der Waals surface area contributed by atoms with Crippen molar-refractivity contribution in [3.8, 4) is 28.6 Å². The van der Waals surface area contributed by atoms with Gasteiger partial charge >= 0.3 is 0 Å². The van der Waals surface area contributed by atoms with Crippen molar-refractivity contribution < 1.29 is 19.0 Å². The number of thioether (sulfide) groups is 1. The molecule has 0 bridgehead atoms. The molecule has 3 aromatic rings. The number of amides is 1. The summed E-state index contributed by atoms with van der Waals surface area (Å²) in [6.45, 7) is 5.22. The van der Waals surface area contributed by atoms with E-state index in [0.717, 1.165) is 0 Å². The second-order valence-corrected chi connectivity index (χ2v) is 7.82. The molecule has 0 fully saturated rings. The molecule has 1 aliphatic heterocycles. The Balaban J connectivity index is 1.93. The van der Waals surface area contributed by atoms with Crippen molar-refractivity contribution in [1.82, 2.24) is 15.2 Å². The van der Waals surface area contributed by atoms with Gasteiger partial charge < -0.3 is 14.2 Å². The van der Waals surface area contributed by atoms with E-state index in [1.54, 1.807) is 37.3 Å². The number of hydrogen-bond acceptors (Lipinski definition) is 8. The predicted octanol–water partition coefficient (Wildman–Crippen LogP) is 4.28. The summed E-state index contributed by atoms with van der Waals surface area (Å²) in [4.78, 5) is 19.0. The molecule has 2 heterocycles. The third kappa shape index (κ3) is 3.99. The first kappa shape index (κ1) is 21.6. The van der Waals surface area contributed by atoms with E-state index in [4.69, 9.17) is 14.2 Å². The first-order valence-electron chi connectivity index (χ1n) is 9.83. The van der Waals surface area contributed by atoms with Crippen LogP contribution in [0.4, 0.5) is 5.69 Å². The summed E-state index contributed by atoms with van der Waals surface area (Å²) in [5.41, 5.74) is 2.45. The van der Waals surface area contributed by atoms with Crippen LogP contribution >= 0.6 is 11.8 Å². The Kier molecular flexibility index (Phi) is 6.27. The van der Waals surface area contributed by atoms with Crippen molar-refractivity contribution in [2.45, 2.75) is 18.3 Å². The van der Waals surface area contributed by atoms with E-state index in [1.807, 2.05) is 30.3 Å². The van der Waals surface area contributed by atoms with Crippen LogP contribution in [0.1, 0.15) is 18.7 Å². The number of para-hydroxylation sites is 1. The Morgan fingerprint density at radius 1 is 1.22 bits per heavy atom. The van der Waals surface area contributed by atoms with Crippen molar-refractivity contribution in [3.63, 3.8) is 0 Å². The first-order valence-corrected chi connectivity index (χ1v) is 10.8. The smallest absolute Gasteiger partial charge is 0.247 e. The van der Waals surface area contributed by atoms with Gasteiger partial charge in [-0.3, -0.25) is 9.69 Å².